The highest BCUT2D eigenvalue weighted by atomic mass is 32.2. The Bertz CT molecular complexity index is 650. The van der Waals surface area contributed by atoms with E-state index in [1.54, 1.807) is 18.0 Å². The number of pyridine rings is 1. The summed E-state index contributed by atoms with van der Waals surface area (Å²) < 4.78 is 0. The van der Waals surface area contributed by atoms with Gasteiger partial charge < -0.3 is 5.73 Å². The average Bonchev–Trinajstić information content (AvgIpc) is 3.20. The molecule has 3 heterocycles. The van der Waals surface area contributed by atoms with Gasteiger partial charge in [-0.15, -0.1) is 0 Å². The molecule has 3 rings (SSSR count). The summed E-state index contributed by atoms with van der Waals surface area (Å²) in [5.41, 5.74) is 8.37. The molecule has 0 fully saturated rings. The number of nitrogens with two attached hydrogens (primary N) is 1. The summed E-state index contributed by atoms with van der Waals surface area (Å²) in [5, 5.41) is 7.00. The molecule has 6 nitrogen and oxygen atoms in total. The van der Waals surface area contributed by atoms with Gasteiger partial charge in [0.15, 0.2) is 0 Å². The monoisotopic (exact) mass is 330 g/mol. The highest BCUT2D eigenvalue weighted by Gasteiger charge is 2.33. The van der Waals surface area contributed by atoms with Crippen LogP contribution in [0.5, 0.6) is 0 Å². The molecule has 23 heavy (non-hydrogen) atoms. The molecule has 0 aromatic carbocycles. The maximum atomic E-state index is 6.41. The fourth-order valence-electron chi connectivity index (χ4n) is 2.70. The van der Waals surface area contributed by atoms with Crippen molar-refractivity contribution in [2.75, 3.05) is 24.5 Å². The Morgan fingerprint density at radius 2 is 2.17 bits per heavy atom. The summed E-state index contributed by atoms with van der Waals surface area (Å²) in [6, 6.07) is 5.88. The third-order valence-corrected chi connectivity index (χ3v) is 5.01. The SMILES string of the molecule is CCN(CC)CC1=C(c2cn[nH]c2)N(c2ccccn2)C(N)S1. The van der Waals surface area contributed by atoms with Gasteiger partial charge in [0.05, 0.1) is 11.9 Å². The number of aromatic nitrogens is 3. The van der Waals surface area contributed by atoms with Crippen molar-refractivity contribution >= 4 is 23.3 Å². The number of nitrogens with zero attached hydrogens (tertiary/aromatic N) is 4. The van der Waals surface area contributed by atoms with E-state index in [0.717, 1.165) is 36.7 Å². The Labute approximate surface area is 140 Å². The van der Waals surface area contributed by atoms with Gasteiger partial charge in [0.25, 0.3) is 0 Å². The molecule has 3 N–H and O–H groups in total. The molecule has 0 aliphatic carbocycles. The van der Waals surface area contributed by atoms with Crippen molar-refractivity contribution in [1.82, 2.24) is 20.1 Å². The van der Waals surface area contributed by atoms with Gasteiger partial charge in [-0.05, 0) is 25.2 Å². The van der Waals surface area contributed by atoms with Gasteiger partial charge in [-0.2, -0.15) is 5.10 Å². The molecule has 0 spiro atoms. The van der Waals surface area contributed by atoms with E-state index in [1.807, 2.05) is 30.6 Å². The molecule has 1 atom stereocenters. The molecule has 1 aliphatic heterocycles. The minimum Gasteiger partial charge on any atom is -0.302 e. The van der Waals surface area contributed by atoms with Gasteiger partial charge >= 0.3 is 0 Å². The number of nitrogens with one attached hydrogen (secondary N) is 1. The summed E-state index contributed by atoms with van der Waals surface area (Å²) >= 11 is 1.69. The third kappa shape index (κ3) is 3.26. The van der Waals surface area contributed by atoms with Crippen LogP contribution in [0.3, 0.4) is 0 Å². The number of aromatic amines is 1. The minimum absolute atomic E-state index is 0.180. The van der Waals surface area contributed by atoms with E-state index in [2.05, 4.69) is 38.8 Å². The zero-order valence-electron chi connectivity index (χ0n) is 13.4. The van der Waals surface area contributed by atoms with Crippen LogP contribution in [0.25, 0.3) is 5.70 Å². The molecule has 1 aliphatic rings. The van der Waals surface area contributed by atoms with Crippen molar-refractivity contribution in [1.29, 1.82) is 0 Å². The van der Waals surface area contributed by atoms with Crippen LogP contribution in [0.4, 0.5) is 5.82 Å². The molecule has 122 valence electrons. The lowest BCUT2D eigenvalue weighted by atomic mass is 10.2. The van der Waals surface area contributed by atoms with Gasteiger partial charge in [0.1, 0.15) is 11.3 Å². The Morgan fingerprint density at radius 1 is 1.35 bits per heavy atom. The van der Waals surface area contributed by atoms with Crippen LogP contribution >= 0.6 is 11.8 Å². The number of H-pyrrole nitrogens is 1. The molecule has 2 aromatic heterocycles. The van der Waals surface area contributed by atoms with Crippen molar-refractivity contribution in [3.63, 3.8) is 0 Å². The first kappa shape index (κ1) is 16.0. The van der Waals surface area contributed by atoms with Crippen LogP contribution in [0, 0.1) is 0 Å². The Kier molecular flexibility index (Phi) is 5.00. The lowest BCUT2D eigenvalue weighted by Gasteiger charge is -2.24. The number of likely N-dealkylation sites (N-methyl/N-ethyl adjacent to an activating group) is 1. The summed E-state index contributed by atoms with van der Waals surface area (Å²) in [6.07, 6.45) is 5.54. The molecule has 1 unspecified atom stereocenters. The Morgan fingerprint density at radius 3 is 2.78 bits per heavy atom. The predicted molar refractivity (Wildman–Crippen MR) is 95.6 cm³/mol. The van der Waals surface area contributed by atoms with Gasteiger partial charge in [-0.1, -0.05) is 31.7 Å². The number of hydrogen-bond acceptors (Lipinski definition) is 6. The molecule has 7 heteroatoms. The molecule has 0 saturated carbocycles. The number of hydrogen-bond donors (Lipinski definition) is 2. The maximum Gasteiger partial charge on any atom is 0.135 e. The first-order valence-corrected chi connectivity index (χ1v) is 8.69. The number of thioether (sulfide) groups is 1. The summed E-state index contributed by atoms with van der Waals surface area (Å²) in [4.78, 5) is 10.2. The van der Waals surface area contributed by atoms with Crippen LogP contribution in [0.1, 0.15) is 19.4 Å². The van der Waals surface area contributed by atoms with E-state index in [9.17, 15) is 0 Å². The molecule has 2 aromatic rings. The zero-order valence-corrected chi connectivity index (χ0v) is 14.3. The minimum atomic E-state index is -0.180. The fraction of sp³-hybridized carbons (Fsp3) is 0.375. The topological polar surface area (TPSA) is 74.1 Å². The second kappa shape index (κ2) is 7.16. The van der Waals surface area contributed by atoms with E-state index < -0.39 is 0 Å². The molecular formula is C16H22N6S. The fourth-order valence-corrected chi connectivity index (χ4v) is 3.90. The highest BCUT2D eigenvalue weighted by molar-refractivity contribution is 8.04. The summed E-state index contributed by atoms with van der Waals surface area (Å²) in [6.45, 7) is 7.26. The van der Waals surface area contributed by atoms with Crippen LogP contribution < -0.4 is 10.6 Å². The normalized spacial score (nSPS) is 18.3. The second-order valence-corrected chi connectivity index (χ2v) is 6.50. The lowest BCUT2D eigenvalue weighted by molar-refractivity contribution is 0.335. The van der Waals surface area contributed by atoms with Gasteiger partial charge in [-0.3, -0.25) is 14.9 Å². The molecule has 0 radical (unpaired) electrons. The summed E-state index contributed by atoms with van der Waals surface area (Å²) in [5.74, 6) is 0.859. The predicted octanol–water partition coefficient (Wildman–Crippen LogP) is 2.31. The highest BCUT2D eigenvalue weighted by Crippen LogP contribution is 2.43. The first-order chi connectivity index (χ1) is 11.2. The maximum absolute atomic E-state index is 6.41. The van der Waals surface area contributed by atoms with Crippen molar-refractivity contribution in [3.8, 4) is 0 Å². The van der Waals surface area contributed by atoms with E-state index in [1.165, 1.54) is 4.91 Å². The zero-order chi connectivity index (χ0) is 16.2. The van der Waals surface area contributed by atoms with Gasteiger partial charge in [0, 0.05) is 29.4 Å². The molecule has 0 amide bonds. The molecular weight excluding hydrogens is 308 g/mol. The average molecular weight is 330 g/mol. The van der Waals surface area contributed by atoms with Crippen molar-refractivity contribution in [2.45, 2.75) is 19.3 Å². The molecule has 0 saturated heterocycles. The van der Waals surface area contributed by atoms with E-state index in [-0.39, 0.29) is 5.50 Å². The summed E-state index contributed by atoms with van der Waals surface area (Å²) in [7, 11) is 0. The van der Waals surface area contributed by atoms with Gasteiger partial charge in [0.2, 0.25) is 0 Å². The standard InChI is InChI=1S/C16H22N6S/c1-3-21(4-2)11-13-15(12-9-19-20-10-12)22(16(17)23-13)14-7-5-6-8-18-14/h5-10,16H,3-4,11,17H2,1-2H3,(H,19,20). The quantitative estimate of drug-likeness (QED) is 0.847. The Balaban J connectivity index is 2.03. The van der Waals surface area contributed by atoms with Crippen LogP contribution in [-0.2, 0) is 0 Å². The van der Waals surface area contributed by atoms with Gasteiger partial charge in [-0.25, -0.2) is 4.98 Å². The van der Waals surface area contributed by atoms with Crippen LogP contribution in [0.15, 0.2) is 41.7 Å². The van der Waals surface area contributed by atoms with Crippen LogP contribution in [-0.4, -0.2) is 45.2 Å². The number of rotatable bonds is 6. The second-order valence-electron chi connectivity index (χ2n) is 5.29. The van der Waals surface area contributed by atoms with Crippen molar-refractivity contribution < 1.29 is 0 Å². The lowest BCUT2D eigenvalue weighted by Crippen LogP contribution is -2.35. The van der Waals surface area contributed by atoms with Crippen molar-refractivity contribution in [2.24, 2.45) is 5.73 Å². The Hall–Kier alpha value is -1.83. The van der Waals surface area contributed by atoms with E-state index >= 15 is 0 Å². The number of anilines is 1. The van der Waals surface area contributed by atoms with E-state index in [4.69, 9.17) is 5.73 Å². The largest absolute Gasteiger partial charge is 0.302 e. The first-order valence-electron chi connectivity index (χ1n) is 7.81. The van der Waals surface area contributed by atoms with Crippen LogP contribution in [0.2, 0.25) is 0 Å². The van der Waals surface area contributed by atoms with Crippen molar-refractivity contribution in [3.05, 3.63) is 47.3 Å². The smallest absolute Gasteiger partial charge is 0.135 e. The third-order valence-electron chi connectivity index (χ3n) is 3.95. The van der Waals surface area contributed by atoms with E-state index in [0.29, 0.717) is 0 Å². The molecule has 0 bridgehead atoms.